The van der Waals surface area contributed by atoms with Crippen LogP contribution in [0.5, 0.6) is 0 Å². The van der Waals surface area contributed by atoms with Crippen LogP contribution in [-0.2, 0) is 6.42 Å². The van der Waals surface area contributed by atoms with Crippen molar-refractivity contribution < 1.29 is 4.79 Å². The Kier molecular flexibility index (Phi) is 3.68. The molecule has 0 saturated heterocycles. The van der Waals surface area contributed by atoms with Gasteiger partial charge < -0.3 is 10.2 Å². The van der Waals surface area contributed by atoms with E-state index in [0.717, 1.165) is 24.9 Å². The number of hydrogen-bond acceptors (Lipinski definition) is 2. The van der Waals surface area contributed by atoms with Crippen LogP contribution >= 0.6 is 0 Å². The average Bonchev–Trinajstić information content (AvgIpc) is 2.93. The topological polar surface area (TPSA) is 32.3 Å². The minimum atomic E-state index is 0.179. The molecule has 3 nitrogen and oxygen atoms in total. The average molecular weight is 272 g/mol. The van der Waals surface area contributed by atoms with Gasteiger partial charge in [0.2, 0.25) is 0 Å². The molecule has 0 aromatic heterocycles. The van der Waals surface area contributed by atoms with Crippen LogP contribution in [0.1, 0.15) is 48.5 Å². The number of nitrogens with zero attached hydrogens (tertiary/aromatic N) is 1. The lowest BCUT2D eigenvalue weighted by atomic mass is 9.85. The Labute approximate surface area is 121 Å². The van der Waals surface area contributed by atoms with Gasteiger partial charge in [-0.1, -0.05) is 19.8 Å². The third-order valence-electron chi connectivity index (χ3n) is 4.95. The van der Waals surface area contributed by atoms with Gasteiger partial charge in [-0.3, -0.25) is 4.79 Å². The van der Waals surface area contributed by atoms with Crippen molar-refractivity contribution in [2.45, 2.75) is 45.1 Å². The highest BCUT2D eigenvalue weighted by molar-refractivity contribution is 5.95. The molecule has 1 aromatic carbocycles. The van der Waals surface area contributed by atoms with Crippen molar-refractivity contribution in [3.05, 3.63) is 29.3 Å². The summed E-state index contributed by atoms with van der Waals surface area (Å²) in [4.78, 5) is 14.7. The maximum atomic E-state index is 12.7. The van der Waals surface area contributed by atoms with E-state index in [-0.39, 0.29) is 5.91 Å². The van der Waals surface area contributed by atoms with Crippen LogP contribution in [0.2, 0.25) is 0 Å². The predicted octanol–water partition coefficient (Wildman–Crippen LogP) is 3.31. The molecule has 2 atom stereocenters. The van der Waals surface area contributed by atoms with Gasteiger partial charge in [-0.2, -0.15) is 0 Å². The van der Waals surface area contributed by atoms with E-state index in [0.29, 0.717) is 12.0 Å². The first-order chi connectivity index (χ1) is 9.66. The summed E-state index contributed by atoms with van der Waals surface area (Å²) in [7, 11) is 1.97. The second kappa shape index (κ2) is 5.47. The molecule has 0 spiro atoms. The third kappa shape index (κ3) is 2.41. The smallest absolute Gasteiger partial charge is 0.253 e. The minimum absolute atomic E-state index is 0.179. The molecule has 0 bridgehead atoms. The minimum Gasteiger partial charge on any atom is -0.384 e. The zero-order chi connectivity index (χ0) is 14.1. The van der Waals surface area contributed by atoms with E-state index in [1.807, 2.05) is 24.1 Å². The van der Waals surface area contributed by atoms with Gasteiger partial charge in [0.15, 0.2) is 0 Å². The van der Waals surface area contributed by atoms with Crippen LogP contribution in [0.4, 0.5) is 5.69 Å². The molecular formula is C17H24N2O. The molecule has 2 unspecified atom stereocenters. The van der Waals surface area contributed by atoms with Gasteiger partial charge >= 0.3 is 0 Å². The van der Waals surface area contributed by atoms with E-state index in [1.54, 1.807) is 0 Å². The Morgan fingerprint density at radius 3 is 2.90 bits per heavy atom. The number of hydrogen-bond donors (Lipinski definition) is 1. The summed E-state index contributed by atoms with van der Waals surface area (Å²) in [6.45, 7) is 3.27. The molecule has 1 fully saturated rings. The number of carbonyl (C=O) groups excluding carboxylic acids is 1. The van der Waals surface area contributed by atoms with Gasteiger partial charge in [-0.25, -0.2) is 0 Å². The Morgan fingerprint density at radius 2 is 2.10 bits per heavy atom. The van der Waals surface area contributed by atoms with E-state index in [1.165, 1.54) is 30.5 Å². The summed E-state index contributed by atoms with van der Waals surface area (Å²) in [6, 6.07) is 6.49. The van der Waals surface area contributed by atoms with Gasteiger partial charge in [0.05, 0.1) is 0 Å². The first-order valence-electron chi connectivity index (χ1n) is 7.81. The van der Waals surface area contributed by atoms with Crippen LogP contribution < -0.4 is 5.32 Å². The molecule has 3 rings (SSSR count). The van der Waals surface area contributed by atoms with E-state index in [2.05, 4.69) is 18.3 Å². The molecule has 20 heavy (non-hydrogen) atoms. The van der Waals surface area contributed by atoms with Gasteiger partial charge in [0.1, 0.15) is 0 Å². The Balaban J connectivity index is 1.77. The fourth-order valence-corrected chi connectivity index (χ4v) is 3.66. The molecule has 2 aliphatic rings. The molecule has 1 saturated carbocycles. The molecule has 3 heteroatoms. The number of benzene rings is 1. The first-order valence-corrected chi connectivity index (χ1v) is 7.81. The summed E-state index contributed by atoms with van der Waals surface area (Å²) < 4.78 is 0. The number of nitrogens with one attached hydrogen (secondary N) is 1. The fourth-order valence-electron chi connectivity index (χ4n) is 3.66. The molecule has 0 radical (unpaired) electrons. The fraction of sp³-hybridized carbons (Fsp3) is 0.588. The number of anilines is 1. The molecule has 1 aromatic rings. The molecule has 108 valence electrons. The highest BCUT2D eigenvalue weighted by atomic mass is 16.2. The molecule has 1 aliphatic carbocycles. The van der Waals surface area contributed by atoms with Crippen molar-refractivity contribution in [2.75, 3.05) is 18.9 Å². The van der Waals surface area contributed by atoms with Crippen LogP contribution in [0.25, 0.3) is 0 Å². The molecule has 1 amide bonds. The standard InChI is InChI=1S/C17H24N2O/c1-12-5-3-4-6-16(12)19(2)17(20)14-7-8-15-13(11-14)9-10-18-15/h7-8,11-12,16,18H,3-6,9-10H2,1-2H3. The molecular weight excluding hydrogens is 248 g/mol. The lowest BCUT2D eigenvalue weighted by Gasteiger charge is -2.36. The van der Waals surface area contributed by atoms with E-state index in [4.69, 9.17) is 0 Å². The number of amides is 1. The Hall–Kier alpha value is -1.51. The molecule has 1 heterocycles. The van der Waals surface area contributed by atoms with E-state index >= 15 is 0 Å². The summed E-state index contributed by atoms with van der Waals surface area (Å²) in [5.74, 6) is 0.798. The zero-order valence-electron chi connectivity index (χ0n) is 12.5. The maximum absolute atomic E-state index is 12.7. The maximum Gasteiger partial charge on any atom is 0.253 e. The Morgan fingerprint density at radius 1 is 1.30 bits per heavy atom. The molecule has 1 aliphatic heterocycles. The predicted molar refractivity (Wildman–Crippen MR) is 82.1 cm³/mol. The lowest BCUT2D eigenvalue weighted by molar-refractivity contribution is 0.0629. The quantitative estimate of drug-likeness (QED) is 0.896. The van der Waals surface area contributed by atoms with Gasteiger partial charge in [0.25, 0.3) is 5.91 Å². The summed E-state index contributed by atoms with van der Waals surface area (Å²) in [5, 5.41) is 3.34. The van der Waals surface area contributed by atoms with Crippen molar-refractivity contribution in [1.29, 1.82) is 0 Å². The van der Waals surface area contributed by atoms with Crippen LogP contribution in [0, 0.1) is 5.92 Å². The van der Waals surface area contributed by atoms with Crippen molar-refractivity contribution in [3.63, 3.8) is 0 Å². The van der Waals surface area contributed by atoms with Gasteiger partial charge in [0, 0.05) is 30.9 Å². The summed E-state index contributed by atoms with van der Waals surface area (Å²) in [5.41, 5.74) is 3.31. The van der Waals surface area contributed by atoms with Crippen LogP contribution in [0.3, 0.4) is 0 Å². The third-order valence-corrected chi connectivity index (χ3v) is 4.95. The van der Waals surface area contributed by atoms with Crippen molar-refractivity contribution in [2.24, 2.45) is 5.92 Å². The normalized spacial score (nSPS) is 24.9. The highest BCUT2D eigenvalue weighted by Crippen LogP contribution is 2.29. The largest absolute Gasteiger partial charge is 0.384 e. The first kappa shape index (κ1) is 13.5. The van der Waals surface area contributed by atoms with E-state index < -0.39 is 0 Å². The second-order valence-electron chi connectivity index (χ2n) is 6.29. The monoisotopic (exact) mass is 272 g/mol. The summed E-state index contributed by atoms with van der Waals surface area (Å²) in [6.07, 6.45) is 5.98. The van der Waals surface area contributed by atoms with E-state index in [9.17, 15) is 4.79 Å². The summed E-state index contributed by atoms with van der Waals surface area (Å²) >= 11 is 0. The zero-order valence-corrected chi connectivity index (χ0v) is 12.5. The second-order valence-corrected chi connectivity index (χ2v) is 6.29. The number of carbonyl (C=O) groups is 1. The lowest BCUT2D eigenvalue weighted by Crippen LogP contribution is -2.42. The molecule has 1 N–H and O–H groups in total. The van der Waals surface area contributed by atoms with Crippen molar-refractivity contribution in [3.8, 4) is 0 Å². The SMILES string of the molecule is CC1CCCCC1N(C)C(=O)c1ccc2c(c1)CCN2. The van der Waals surface area contributed by atoms with Crippen LogP contribution in [0.15, 0.2) is 18.2 Å². The van der Waals surface area contributed by atoms with Crippen molar-refractivity contribution >= 4 is 11.6 Å². The highest BCUT2D eigenvalue weighted by Gasteiger charge is 2.28. The van der Waals surface area contributed by atoms with Crippen LogP contribution in [-0.4, -0.2) is 30.4 Å². The Bertz CT molecular complexity index is 512. The van der Waals surface area contributed by atoms with Gasteiger partial charge in [-0.15, -0.1) is 0 Å². The number of rotatable bonds is 2. The van der Waals surface area contributed by atoms with Crippen molar-refractivity contribution in [1.82, 2.24) is 4.90 Å². The number of fused-ring (bicyclic) bond motifs is 1. The van der Waals surface area contributed by atoms with Gasteiger partial charge in [-0.05, 0) is 48.9 Å².